The maximum atomic E-state index is 10.3. The maximum absolute atomic E-state index is 10.3. The zero-order valence-electron chi connectivity index (χ0n) is 8.97. The van der Waals surface area contributed by atoms with E-state index in [4.69, 9.17) is 0 Å². The van der Waals surface area contributed by atoms with Gasteiger partial charge in [-0.15, -0.1) is 5.56 Å². The first-order valence-electron chi connectivity index (χ1n) is 4.55. The number of aliphatic imine (C=N–C) groups is 1. The second kappa shape index (κ2) is 6.10. The fourth-order valence-electron chi connectivity index (χ4n) is 1.43. The Kier molecular flexibility index (Phi) is 4.76. The van der Waals surface area contributed by atoms with E-state index < -0.39 is 0 Å². The van der Waals surface area contributed by atoms with Crippen LogP contribution in [0.15, 0.2) is 53.5 Å². The number of rotatable bonds is 2. The van der Waals surface area contributed by atoms with Crippen molar-refractivity contribution < 1.29 is 23.7 Å². The quantitative estimate of drug-likeness (QED) is 0.294. The van der Waals surface area contributed by atoms with Crippen LogP contribution in [-0.2, 0) is 4.79 Å². The van der Waals surface area contributed by atoms with E-state index in [1.807, 2.05) is 36.4 Å². The van der Waals surface area contributed by atoms with Gasteiger partial charge < -0.3 is 0 Å². The molecule has 0 heterocycles. The van der Waals surface area contributed by atoms with Crippen molar-refractivity contribution in [2.75, 3.05) is 0 Å². The van der Waals surface area contributed by atoms with E-state index in [1.54, 1.807) is 18.2 Å². The summed E-state index contributed by atoms with van der Waals surface area (Å²) in [6, 6.07) is 18.0. The minimum Gasteiger partial charge on any atom is -0.235 e. The average molecular weight is 201 g/mol. The first kappa shape index (κ1) is 12.5. The van der Waals surface area contributed by atoms with Gasteiger partial charge in [-0.1, -0.05) is 30.3 Å². The molecule has 2 aromatic carbocycles. The Balaban J connectivity index is 0.00000128. The smallest absolute Gasteiger partial charge is 0.235 e. The molecule has 2 nitrogen and oxygen atoms in total. The molecule has 0 amide bonds. The molecule has 72 valence electrons. The molecular weight excluding hydrogens is 193 g/mol. The van der Waals surface area contributed by atoms with Crippen molar-refractivity contribution in [2.45, 2.75) is 0 Å². The van der Waals surface area contributed by atoms with Gasteiger partial charge in [0.1, 0.15) is 0 Å². The molecule has 0 unspecified atom stereocenters. The molecule has 2 rings (SSSR count). The van der Waals surface area contributed by atoms with E-state index in [0.717, 1.165) is 11.1 Å². The fraction of sp³-hybridized carbons (Fsp3) is 0. The third kappa shape index (κ3) is 2.71. The molecule has 0 atom stereocenters. The second-order valence-corrected chi connectivity index (χ2v) is 3.01. The summed E-state index contributed by atoms with van der Waals surface area (Å²) in [7, 11) is 0. The van der Waals surface area contributed by atoms with Gasteiger partial charge >= 0.3 is 18.9 Å². The van der Waals surface area contributed by atoms with Gasteiger partial charge in [-0.25, -0.2) is 9.79 Å². The van der Waals surface area contributed by atoms with Crippen LogP contribution < -0.4 is 18.9 Å². The molecule has 0 saturated carbocycles. The predicted molar refractivity (Wildman–Crippen MR) is 58.5 cm³/mol. The molecule has 0 aliphatic rings. The van der Waals surface area contributed by atoms with Gasteiger partial charge in [-0.05, 0) is 11.3 Å². The fourth-order valence-corrected chi connectivity index (χ4v) is 1.43. The Morgan fingerprint density at radius 3 is 2.56 bits per heavy atom. The van der Waals surface area contributed by atoms with Gasteiger partial charge in [0, 0.05) is 0 Å². The van der Waals surface area contributed by atoms with E-state index in [2.05, 4.69) is 11.1 Å². The summed E-state index contributed by atoms with van der Waals surface area (Å²) in [5.74, 6) is 0. The van der Waals surface area contributed by atoms with Crippen molar-refractivity contribution in [2.24, 2.45) is 4.99 Å². The van der Waals surface area contributed by atoms with Crippen molar-refractivity contribution >= 4 is 11.8 Å². The SMILES string of the molecule is O=C=Nc1c[c-]ccc1-c1ccccc1.[Li+]. The molecule has 3 heteroatoms. The summed E-state index contributed by atoms with van der Waals surface area (Å²) in [6.07, 6.45) is 1.55. The van der Waals surface area contributed by atoms with Crippen molar-refractivity contribution in [1.82, 2.24) is 0 Å². The Hall–Kier alpha value is -1.58. The third-order valence-electron chi connectivity index (χ3n) is 2.09. The predicted octanol–water partition coefficient (Wildman–Crippen LogP) is 0.125. The van der Waals surface area contributed by atoms with Crippen LogP contribution in [0.1, 0.15) is 0 Å². The van der Waals surface area contributed by atoms with Gasteiger partial charge in [0.25, 0.3) is 0 Å². The summed E-state index contributed by atoms with van der Waals surface area (Å²) in [6.45, 7) is 0. The number of hydrogen-bond donors (Lipinski definition) is 0. The van der Waals surface area contributed by atoms with E-state index in [0.29, 0.717) is 5.69 Å². The molecule has 0 bridgehead atoms. The molecule has 0 radical (unpaired) electrons. The van der Waals surface area contributed by atoms with E-state index >= 15 is 0 Å². The summed E-state index contributed by atoms with van der Waals surface area (Å²) >= 11 is 0. The third-order valence-corrected chi connectivity index (χ3v) is 2.09. The van der Waals surface area contributed by atoms with Crippen molar-refractivity contribution in [1.29, 1.82) is 0 Å². The van der Waals surface area contributed by atoms with E-state index in [1.165, 1.54) is 0 Å². The molecule has 0 aliphatic carbocycles. The normalized spacial score (nSPS) is 8.75. The van der Waals surface area contributed by atoms with Crippen LogP contribution >= 0.6 is 0 Å². The van der Waals surface area contributed by atoms with Crippen molar-refractivity contribution in [3.63, 3.8) is 0 Å². The molecule has 0 saturated heterocycles. The van der Waals surface area contributed by atoms with Crippen LogP contribution in [0.2, 0.25) is 0 Å². The molecule has 0 aromatic heterocycles. The van der Waals surface area contributed by atoms with Gasteiger partial charge in [-0.2, -0.15) is 24.3 Å². The van der Waals surface area contributed by atoms with Crippen LogP contribution in [0.3, 0.4) is 0 Å². The number of benzene rings is 2. The van der Waals surface area contributed by atoms with Crippen LogP contribution in [0.4, 0.5) is 5.69 Å². The Morgan fingerprint density at radius 1 is 1.12 bits per heavy atom. The molecule has 0 aliphatic heterocycles. The van der Waals surface area contributed by atoms with Crippen LogP contribution in [0.5, 0.6) is 0 Å². The topological polar surface area (TPSA) is 29.4 Å². The summed E-state index contributed by atoms with van der Waals surface area (Å²) in [5.41, 5.74) is 2.54. The standard InChI is InChI=1S/C13H8NO.Li/c15-10-14-13-9-5-4-8-12(13)11-6-2-1-3-7-11;/h1-4,6-9H;/q-1;+1. The van der Waals surface area contributed by atoms with Gasteiger partial charge in [0.15, 0.2) is 0 Å². The first-order valence-corrected chi connectivity index (χ1v) is 4.55. The summed E-state index contributed by atoms with van der Waals surface area (Å²) in [5, 5.41) is 0. The minimum absolute atomic E-state index is 0. The molecule has 0 spiro atoms. The van der Waals surface area contributed by atoms with Crippen molar-refractivity contribution in [3.05, 3.63) is 54.6 Å². The molecule has 0 fully saturated rings. The average Bonchev–Trinajstić information content (AvgIpc) is 2.31. The zero-order valence-corrected chi connectivity index (χ0v) is 8.97. The molecule has 16 heavy (non-hydrogen) atoms. The Labute approximate surface area is 106 Å². The second-order valence-electron chi connectivity index (χ2n) is 3.01. The summed E-state index contributed by atoms with van der Waals surface area (Å²) < 4.78 is 0. The first-order chi connectivity index (χ1) is 7.42. The number of nitrogens with zero attached hydrogens (tertiary/aromatic N) is 1. The Morgan fingerprint density at radius 2 is 1.88 bits per heavy atom. The molecular formula is C13H8LiNO. The van der Waals surface area contributed by atoms with Crippen LogP contribution in [0.25, 0.3) is 11.1 Å². The minimum atomic E-state index is 0. The maximum Gasteiger partial charge on any atom is 1.00 e. The van der Waals surface area contributed by atoms with Crippen LogP contribution in [0, 0.1) is 6.07 Å². The van der Waals surface area contributed by atoms with Gasteiger partial charge in [-0.3, -0.25) is 0 Å². The Bertz CT molecular complexity index is 504. The number of isocyanates is 1. The van der Waals surface area contributed by atoms with E-state index in [-0.39, 0.29) is 18.9 Å². The largest absolute Gasteiger partial charge is 1.00 e. The number of hydrogen-bond acceptors (Lipinski definition) is 2. The monoisotopic (exact) mass is 201 g/mol. The molecule has 2 aromatic rings. The van der Waals surface area contributed by atoms with Gasteiger partial charge in [0.2, 0.25) is 6.08 Å². The molecule has 0 N–H and O–H groups in total. The van der Waals surface area contributed by atoms with E-state index in [9.17, 15) is 4.79 Å². The zero-order chi connectivity index (χ0) is 10.5. The number of carbonyl (C=O) groups excluding carboxylic acids is 1. The van der Waals surface area contributed by atoms with Crippen molar-refractivity contribution in [3.8, 4) is 11.1 Å². The van der Waals surface area contributed by atoms with Crippen LogP contribution in [-0.4, -0.2) is 6.08 Å². The van der Waals surface area contributed by atoms with Gasteiger partial charge in [0.05, 0.1) is 0 Å². The summed E-state index contributed by atoms with van der Waals surface area (Å²) in [4.78, 5) is 13.9.